The maximum atomic E-state index is 8.44. The Kier molecular flexibility index (Phi) is 52.4. The van der Waals surface area contributed by atoms with Gasteiger partial charge < -0.3 is 20.1 Å². The zero-order valence-corrected chi connectivity index (χ0v) is 7.57. The molecule has 42 valence electrons. The standard InChI is InChI=1S/K.H2O3S.2H2O/c;1-4(2)3;;/h;(H2,1,2,3);2*1H2/q+1;;;/p-2. The van der Waals surface area contributed by atoms with Crippen molar-refractivity contribution in [1.82, 2.24) is 0 Å². The van der Waals surface area contributed by atoms with E-state index in [4.69, 9.17) is 13.3 Å². The van der Waals surface area contributed by atoms with Gasteiger partial charge in [-0.05, 0) is 0 Å². The molecule has 0 saturated carbocycles. The molecule has 0 heterocycles. The van der Waals surface area contributed by atoms with Crippen LogP contribution < -0.4 is 51.4 Å². The fraction of sp³-hybridized carbons (Fsp3) is 0. The molecule has 7 heavy (non-hydrogen) atoms. The summed E-state index contributed by atoms with van der Waals surface area (Å²) in [5, 5.41) is 0. The third-order valence-electron chi connectivity index (χ3n) is 0. The summed E-state index contributed by atoms with van der Waals surface area (Å²) in [5.74, 6) is 0. The fourth-order valence-corrected chi connectivity index (χ4v) is 0. The van der Waals surface area contributed by atoms with Crippen molar-refractivity contribution >= 4 is 11.4 Å². The molecule has 0 aromatic rings. The van der Waals surface area contributed by atoms with E-state index in [2.05, 4.69) is 0 Å². The molecule has 0 aliphatic heterocycles. The second-order valence-corrected chi connectivity index (χ2v) is 0.612. The summed E-state index contributed by atoms with van der Waals surface area (Å²) in [4.78, 5) is 0. The van der Waals surface area contributed by atoms with Gasteiger partial charge in [0.25, 0.3) is 0 Å². The molecule has 0 rings (SSSR count). The Balaban J connectivity index is -0.0000000150. The van der Waals surface area contributed by atoms with Crippen LogP contribution in [0.4, 0.5) is 0 Å². The van der Waals surface area contributed by atoms with E-state index < -0.39 is 11.4 Å². The Morgan fingerprint density at radius 3 is 1.14 bits per heavy atom. The van der Waals surface area contributed by atoms with E-state index in [0.717, 1.165) is 0 Å². The van der Waals surface area contributed by atoms with Crippen molar-refractivity contribution in [3.63, 3.8) is 0 Å². The summed E-state index contributed by atoms with van der Waals surface area (Å²) < 4.78 is 25.3. The molecule has 0 amide bonds. The van der Waals surface area contributed by atoms with Crippen LogP contribution >= 0.6 is 0 Å². The number of hydrogen-bond acceptors (Lipinski definition) is 3. The smallest absolute Gasteiger partial charge is 0.784 e. The number of hydrogen-bond donors (Lipinski definition) is 0. The van der Waals surface area contributed by atoms with Crippen LogP contribution in [0.15, 0.2) is 0 Å². The summed E-state index contributed by atoms with van der Waals surface area (Å²) >= 11 is -3.11. The molecule has 4 N–H and O–H groups in total. The van der Waals surface area contributed by atoms with Gasteiger partial charge >= 0.3 is 51.4 Å². The van der Waals surface area contributed by atoms with Crippen molar-refractivity contribution < 1.29 is 75.7 Å². The second-order valence-electron chi connectivity index (χ2n) is 0.204. The van der Waals surface area contributed by atoms with Gasteiger partial charge in [-0.3, -0.25) is 4.21 Å². The molecule has 0 saturated heterocycles. The van der Waals surface area contributed by atoms with Crippen LogP contribution in [0.5, 0.6) is 0 Å². The minimum Gasteiger partial charge on any atom is -0.784 e. The van der Waals surface area contributed by atoms with Crippen LogP contribution in [0.3, 0.4) is 0 Å². The monoisotopic (exact) mass is 155 g/mol. The van der Waals surface area contributed by atoms with Crippen molar-refractivity contribution in [3.05, 3.63) is 0 Å². The summed E-state index contributed by atoms with van der Waals surface area (Å²) in [7, 11) is 0. The molecule has 0 aliphatic rings. The van der Waals surface area contributed by atoms with Gasteiger partial charge in [0.15, 0.2) is 0 Å². The zero-order valence-electron chi connectivity index (χ0n) is 3.63. The van der Waals surface area contributed by atoms with E-state index >= 15 is 0 Å². The molecule has 0 unspecified atom stereocenters. The van der Waals surface area contributed by atoms with Crippen molar-refractivity contribution in [2.45, 2.75) is 0 Å². The first kappa shape index (κ1) is 23.4. The molecule has 0 bridgehead atoms. The third kappa shape index (κ3) is 91.3. The van der Waals surface area contributed by atoms with Crippen LogP contribution in [-0.2, 0) is 11.4 Å². The predicted octanol–water partition coefficient (Wildman–Crippen LogP) is -5.65. The largest absolute Gasteiger partial charge is 1.00 e. The maximum absolute atomic E-state index is 8.44. The minimum absolute atomic E-state index is 0. The summed E-state index contributed by atoms with van der Waals surface area (Å²) in [6.07, 6.45) is 0. The topological polar surface area (TPSA) is 126 Å². The molecular formula is H4KO5S-. The SMILES string of the molecule is O.O.O=S([O-])[O-].[K+]. The second kappa shape index (κ2) is 15.6. The third-order valence-corrected chi connectivity index (χ3v) is 0. The molecule has 0 fully saturated rings. The molecule has 7 heteroatoms. The minimum atomic E-state index is -3.11. The molecule has 0 aliphatic carbocycles. The Morgan fingerprint density at radius 1 is 1.14 bits per heavy atom. The van der Waals surface area contributed by atoms with Gasteiger partial charge in [-0.25, -0.2) is 0 Å². The van der Waals surface area contributed by atoms with Crippen molar-refractivity contribution in [1.29, 1.82) is 0 Å². The van der Waals surface area contributed by atoms with E-state index in [1.807, 2.05) is 0 Å². The Hall–Kier alpha value is 1.63. The first-order valence-corrected chi connectivity index (χ1v) is 1.50. The van der Waals surface area contributed by atoms with E-state index in [0.29, 0.717) is 0 Å². The summed E-state index contributed by atoms with van der Waals surface area (Å²) in [5.41, 5.74) is 0. The van der Waals surface area contributed by atoms with Gasteiger partial charge in [-0.1, -0.05) is 0 Å². The Labute approximate surface area is 85.6 Å². The van der Waals surface area contributed by atoms with Gasteiger partial charge in [0.1, 0.15) is 0 Å². The van der Waals surface area contributed by atoms with E-state index in [9.17, 15) is 0 Å². The van der Waals surface area contributed by atoms with E-state index in [1.165, 1.54) is 0 Å². The van der Waals surface area contributed by atoms with Crippen molar-refractivity contribution in [3.8, 4) is 0 Å². The Morgan fingerprint density at radius 2 is 1.14 bits per heavy atom. The van der Waals surface area contributed by atoms with Crippen LogP contribution in [0.1, 0.15) is 0 Å². The average Bonchev–Trinajstić information content (AvgIpc) is 0.811. The molecule has 0 aromatic heterocycles. The summed E-state index contributed by atoms with van der Waals surface area (Å²) in [6.45, 7) is 0. The van der Waals surface area contributed by atoms with Crippen LogP contribution in [-0.4, -0.2) is 24.3 Å². The van der Waals surface area contributed by atoms with Crippen molar-refractivity contribution in [2.24, 2.45) is 0 Å². The van der Waals surface area contributed by atoms with Gasteiger partial charge in [0, 0.05) is 0 Å². The van der Waals surface area contributed by atoms with E-state index in [-0.39, 0.29) is 62.3 Å². The first-order valence-electron chi connectivity index (χ1n) is 0.500. The molecular weight excluding hydrogens is 151 g/mol. The molecule has 0 atom stereocenters. The molecule has 0 spiro atoms. The van der Waals surface area contributed by atoms with Gasteiger partial charge in [0.05, 0.1) is 0 Å². The van der Waals surface area contributed by atoms with E-state index in [1.54, 1.807) is 0 Å². The average molecular weight is 155 g/mol. The quantitative estimate of drug-likeness (QED) is 0.255. The predicted molar refractivity (Wildman–Crippen MR) is 16.9 cm³/mol. The summed E-state index contributed by atoms with van der Waals surface area (Å²) in [6, 6.07) is 0. The van der Waals surface area contributed by atoms with Crippen molar-refractivity contribution in [2.75, 3.05) is 0 Å². The van der Waals surface area contributed by atoms with Crippen LogP contribution in [0, 0.1) is 0 Å². The van der Waals surface area contributed by atoms with Gasteiger partial charge in [0.2, 0.25) is 0 Å². The Bertz CT molecular complexity index is 31.1. The number of rotatable bonds is 0. The molecule has 0 aromatic carbocycles. The van der Waals surface area contributed by atoms with Gasteiger partial charge in [-0.15, -0.1) is 11.4 Å². The zero-order chi connectivity index (χ0) is 3.58. The maximum Gasteiger partial charge on any atom is 1.00 e. The fourth-order valence-electron chi connectivity index (χ4n) is 0. The van der Waals surface area contributed by atoms with Crippen LogP contribution in [0.25, 0.3) is 0 Å². The molecule has 0 radical (unpaired) electrons. The molecule has 5 nitrogen and oxygen atoms in total. The van der Waals surface area contributed by atoms with Gasteiger partial charge in [-0.2, -0.15) is 0 Å². The first-order chi connectivity index (χ1) is 1.73. The van der Waals surface area contributed by atoms with Crippen LogP contribution in [0.2, 0.25) is 0 Å². The normalized spacial score (nSPS) is 5.00.